The number of nitrogens with one attached hydrogen (secondary N) is 2. The molecule has 0 saturated carbocycles. The molecule has 5 heterocycles. The Morgan fingerprint density at radius 3 is 2.60 bits per heavy atom. The summed E-state index contributed by atoms with van der Waals surface area (Å²) in [5.74, 6) is -2.73. The maximum absolute atomic E-state index is 13.5. The third-order valence-electron chi connectivity index (χ3n) is 8.20. The summed E-state index contributed by atoms with van der Waals surface area (Å²) in [7, 11) is 1.69. The lowest BCUT2D eigenvalue weighted by Gasteiger charge is -2.31. The van der Waals surface area contributed by atoms with Gasteiger partial charge in [-0.3, -0.25) is 14.6 Å². The number of rotatable bonds is 7. The van der Waals surface area contributed by atoms with Crippen LogP contribution < -0.4 is 10.2 Å². The largest absolute Gasteiger partial charge is 0.490 e. The number of morpholine rings is 1. The highest BCUT2D eigenvalue weighted by molar-refractivity contribution is 5.98. The molecule has 250 valence electrons. The normalized spacial score (nSPS) is 18.0. The van der Waals surface area contributed by atoms with Crippen molar-refractivity contribution in [2.45, 2.75) is 31.5 Å². The summed E-state index contributed by atoms with van der Waals surface area (Å²) in [5.41, 5.74) is 7.11. The molecule has 2 saturated heterocycles. The number of pyridine rings is 1. The van der Waals surface area contributed by atoms with Crippen molar-refractivity contribution in [3.05, 3.63) is 70.7 Å². The molecule has 3 aliphatic rings. The molecule has 11 nitrogen and oxygen atoms in total. The number of aliphatic carboxylic acids is 1. The van der Waals surface area contributed by atoms with Crippen LogP contribution in [0.15, 0.2) is 42.6 Å². The SMILES string of the molecule is COC[C@@H]1CCCN1C(=O)c1ccc(C=Cc2cc(-c3cc4c([nH]3)CCNC4=O)ccn2)c(N2CCOCC2)c1.O=C(O)C(F)(F)F. The number of anilines is 1. The van der Waals surface area contributed by atoms with E-state index in [1.165, 1.54) is 0 Å². The molecule has 3 aliphatic heterocycles. The molecular formula is C33H36F3N5O6. The molecule has 2 fully saturated rings. The number of aromatic nitrogens is 2. The zero-order valence-corrected chi connectivity index (χ0v) is 25.8. The molecule has 6 rings (SSSR count). The zero-order chi connectivity index (χ0) is 33.6. The first-order valence-electron chi connectivity index (χ1n) is 15.3. The molecule has 1 atom stereocenters. The van der Waals surface area contributed by atoms with Crippen molar-refractivity contribution in [2.75, 3.05) is 58.0 Å². The Morgan fingerprint density at radius 2 is 1.89 bits per heavy atom. The second kappa shape index (κ2) is 14.8. The first kappa shape index (κ1) is 33.7. The molecule has 2 amide bonds. The summed E-state index contributed by atoms with van der Waals surface area (Å²) in [6.07, 6.45) is 3.53. The van der Waals surface area contributed by atoms with Gasteiger partial charge in [0.25, 0.3) is 11.8 Å². The Labute approximate surface area is 269 Å². The van der Waals surface area contributed by atoms with Gasteiger partial charge in [-0.05, 0) is 54.8 Å². The minimum absolute atomic E-state index is 0.0329. The predicted octanol–water partition coefficient (Wildman–Crippen LogP) is 4.25. The molecule has 2 aromatic heterocycles. The summed E-state index contributed by atoms with van der Waals surface area (Å²) in [6, 6.07) is 12.0. The van der Waals surface area contributed by atoms with Crippen LogP contribution in [-0.4, -0.2) is 103 Å². The van der Waals surface area contributed by atoms with Crippen molar-refractivity contribution < 1.29 is 42.1 Å². The number of fused-ring (bicyclic) bond motifs is 1. The molecule has 0 spiro atoms. The standard InChI is InChI=1S/C31H35N5O4.C2HF3O2/c1-39-20-25-3-2-12-36(25)31(38)23-5-4-21(29(18-23)35-13-15-40-16-14-35)6-7-24-17-22(8-10-32-24)28-19-26-27(34-28)9-11-33-30(26)37;3-2(4,5)1(6)7/h4-8,10,17-19,25,34H,2-3,9,11-16,20H2,1H3,(H,33,37);(H,6,7)/t25-;/m0./s1. The zero-order valence-electron chi connectivity index (χ0n) is 25.8. The fourth-order valence-corrected chi connectivity index (χ4v) is 5.86. The Hall–Kier alpha value is -4.69. The number of halogens is 3. The van der Waals surface area contributed by atoms with Gasteiger partial charge in [-0.25, -0.2) is 4.79 Å². The predicted molar refractivity (Wildman–Crippen MR) is 168 cm³/mol. The Morgan fingerprint density at radius 1 is 1.13 bits per heavy atom. The Kier molecular flexibility index (Phi) is 10.6. The van der Waals surface area contributed by atoms with Gasteiger partial charge in [-0.1, -0.05) is 12.1 Å². The Balaban J connectivity index is 0.000000559. The Bertz CT molecular complexity index is 1630. The molecule has 3 aromatic rings. The summed E-state index contributed by atoms with van der Waals surface area (Å²) in [5, 5.41) is 10.0. The lowest BCUT2D eigenvalue weighted by atomic mass is 10.0. The number of carboxylic acid groups (broad SMARTS) is 1. The number of methoxy groups -OCH3 is 1. The van der Waals surface area contributed by atoms with E-state index in [9.17, 15) is 22.8 Å². The van der Waals surface area contributed by atoms with Crippen LogP contribution in [-0.2, 0) is 20.7 Å². The number of hydrogen-bond donors (Lipinski definition) is 3. The van der Waals surface area contributed by atoms with E-state index in [4.69, 9.17) is 19.4 Å². The molecule has 47 heavy (non-hydrogen) atoms. The number of nitrogens with zero attached hydrogens (tertiary/aromatic N) is 3. The summed E-state index contributed by atoms with van der Waals surface area (Å²) >= 11 is 0. The van der Waals surface area contributed by atoms with E-state index >= 15 is 0 Å². The topological polar surface area (TPSA) is 137 Å². The summed E-state index contributed by atoms with van der Waals surface area (Å²) in [6.45, 7) is 4.83. The van der Waals surface area contributed by atoms with Gasteiger partial charge in [0, 0.05) is 74.1 Å². The van der Waals surface area contributed by atoms with E-state index in [1.54, 1.807) is 13.3 Å². The number of amides is 2. The van der Waals surface area contributed by atoms with Crippen LogP contribution in [0.2, 0.25) is 0 Å². The molecule has 3 N–H and O–H groups in total. The number of carbonyl (C=O) groups is 3. The number of aromatic amines is 1. The van der Waals surface area contributed by atoms with Crippen LogP contribution in [0.25, 0.3) is 23.4 Å². The van der Waals surface area contributed by atoms with Crippen molar-refractivity contribution in [3.63, 3.8) is 0 Å². The summed E-state index contributed by atoms with van der Waals surface area (Å²) in [4.78, 5) is 46.8. The third-order valence-corrected chi connectivity index (χ3v) is 8.20. The van der Waals surface area contributed by atoms with Crippen molar-refractivity contribution >= 4 is 35.6 Å². The highest BCUT2D eigenvalue weighted by Crippen LogP contribution is 2.29. The number of hydrogen-bond acceptors (Lipinski definition) is 7. The maximum Gasteiger partial charge on any atom is 0.490 e. The van der Waals surface area contributed by atoms with Gasteiger partial charge in [0.2, 0.25) is 0 Å². The van der Waals surface area contributed by atoms with E-state index < -0.39 is 12.1 Å². The van der Waals surface area contributed by atoms with Crippen molar-refractivity contribution in [1.29, 1.82) is 0 Å². The fraction of sp³-hybridized carbons (Fsp3) is 0.394. The van der Waals surface area contributed by atoms with Crippen LogP contribution in [0, 0.1) is 0 Å². The van der Waals surface area contributed by atoms with Crippen LogP contribution in [0.1, 0.15) is 50.5 Å². The van der Waals surface area contributed by atoms with E-state index in [2.05, 4.69) is 26.3 Å². The van der Waals surface area contributed by atoms with Gasteiger partial charge >= 0.3 is 12.1 Å². The van der Waals surface area contributed by atoms with Crippen molar-refractivity contribution in [1.82, 2.24) is 20.2 Å². The first-order valence-corrected chi connectivity index (χ1v) is 15.3. The van der Waals surface area contributed by atoms with Crippen LogP contribution in [0.5, 0.6) is 0 Å². The second-order valence-electron chi connectivity index (χ2n) is 11.3. The third kappa shape index (κ3) is 8.19. The monoisotopic (exact) mass is 655 g/mol. The van der Waals surface area contributed by atoms with Gasteiger partial charge in [-0.15, -0.1) is 0 Å². The van der Waals surface area contributed by atoms with Crippen LogP contribution in [0.4, 0.5) is 18.9 Å². The van der Waals surface area contributed by atoms with E-state index in [-0.39, 0.29) is 17.9 Å². The number of ether oxygens (including phenoxy) is 2. The molecule has 0 aliphatic carbocycles. The molecule has 0 bridgehead atoms. The summed E-state index contributed by atoms with van der Waals surface area (Å²) < 4.78 is 42.7. The van der Waals surface area contributed by atoms with Crippen LogP contribution >= 0.6 is 0 Å². The second-order valence-corrected chi connectivity index (χ2v) is 11.3. The lowest BCUT2D eigenvalue weighted by molar-refractivity contribution is -0.192. The highest BCUT2D eigenvalue weighted by Gasteiger charge is 2.38. The average Bonchev–Trinajstić information content (AvgIpc) is 3.72. The number of likely N-dealkylation sites (tertiary alicyclic amines) is 1. The smallest absolute Gasteiger partial charge is 0.475 e. The molecule has 0 unspecified atom stereocenters. The number of H-pyrrole nitrogens is 1. The molecule has 14 heteroatoms. The highest BCUT2D eigenvalue weighted by atomic mass is 19.4. The van der Waals surface area contributed by atoms with Gasteiger partial charge in [0.05, 0.1) is 37.1 Å². The van der Waals surface area contributed by atoms with Gasteiger partial charge in [-0.2, -0.15) is 13.2 Å². The maximum atomic E-state index is 13.5. The van der Waals surface area contributed by atoms with E-state index in [0.717, 1.165) is 72.8 Å². The minimum atomic E-state index is -5.08. The fourth-order valence-electron chi connectivity index (χ4n) is 5.86. The van der Waals surface area contributed by atoms with Gasteiger partial charge in [0.1, 0.15) is 0 Å². The quantitative estimate of drug-likeness (QED) is 0.344. The number of carboxylic acids is 1. The average molecular weight is 656 g/mol. The van der Waals surface area contributed by atoms with Crippen LogP contribution in [0.3, 0.4) is 0 Å². The minimum Gasteiger partial charge on any atom is -0.475 e. The molecule has 0 radical (unpaired) electrons. The van der Waals surface area contributed by atoms with Gasteiger partial charge < -0.3 is 34.7 Å². The van der Waals surface area contributed by atoms with Crippen molar-refractivity contribution in [2.24, 2.45) is 0 Å². The van der Waals surface area contributed by atoms with E-state index in [0.29, 0.717) is 37.5 Å². The number of alkyl halides is 3. The van der Waals surface area contributed by atoms with Crippen molar-refractivity contribution in [3.8, 4) is 11.3 Å². The van der Waals surface area contributed by atoms with Gasteiger partial charge in [0.15, 0.2) is 0 Å². The lowest BCUT2D eigenvalue weighted by Crippen LogP contribution is -2.39. The number of benzene rings is 1. The molecule has 1 aromatic carbocycles. The van der Waals surface area contributed by atoms with E-state index in [1.807, 2.05) is 47.4 Å². The first-order chi connectivity index (χ1) is 22.5. The number of carbonyl (C=O) groups excluding carboxylic acids is 2. The molecular weight excluding hydrogens is 619 g/mol.